The van der Waals surface area contributed by atoms with E-state index in [4.69, 9.17) is 19.4 Å². The first-order chi connectivity index (χ1) is 14.6. The first kappa shape index (κ1) is 20.0. The molecule has 0 aliphatic carbocycles. The Labute approximate surface area is 176 Å². The van der Waals surface area contributed by atoms with E-state index in [0.717, 1.165) is 60.2 Å². The largest absolute Gasteiger partial charge is 0.508 e. The number of hydrogen-bond acceptors (Lipinski definition) is 7. The van der Waals surface area contributed by atoms with E-state index in [2.05, 4.69) is 16.8 Å². The van der Waals surface area contributed by atoms with E-state index in [9.17, 15) is 5.11 Å². The van der Waals surface area contributed by atoms with Crippen LogP contribution < -0.4 is 14.4 Å². The second-order valence-electron chi connectivity index (χ2n) is 7.34. The Kier molecular flexibility index (Phi) is 5.72. The van der Waals surface area contributed by atoms with Crippen LogP contribution in [0.4, 0.5) is 5.95 Å². The number of anilines is 1. The summed E-state index contributed by atoms with van der Waals surface area (Å²) in [6, 6.07) is 14.7. The second kappa shape index (κ2) is 8.59. The number of hydrogen-bond donors (Lipinski definition) is 1. The highest BCUT2D eigenvalue weighted by Crippen LogP contribution is 2.35. The van der Waals surface area contributed by atoms with Gasteiger partial charge in [0.25, 0.3) is 0 Å². The number of aromatic nitrogens is 2. The quantitative estimate of drug-likeness (QED) is 0.697. The summed E-state index contributed by atoms with van der Waals surface area (Å²) < 4.78 is 11.0. The summed E-state index contributed by atoms with van der Waals surface area (Å²) in [5.74, 6) is 2.36. The third-order valence-electron chi connectivity index (χ3n) is 5.35. The van der Waals surface area contributed by atoms with E-state index in [1.54, 1.807) is 26.4 Å². The maximum absolute atomic E-state index is 9.67. The second-order valence-corrected chi connectivity index (χ2v) is 7.34. The Morgan fingerprint density at radius 3 is 2.20 bits per heavy atom. The Morgan fingerprint density at radius 1 is 0.833 bits per heavy atom. The molecule has 1 aliphatic heterocycles. The lowest BCUT2D eigenvalue weighted by Crippen LogP contribution is -2.45. The van der Waals surface area contributed by atoms with Gasteiger partial charge in [0.2, 0.25) is 5.95 Å². The van der Waals surface area contributed by atoms with Crippen molar-refractivity contribution in [2.75, 3.05) is 52.3 Å². The molecular weight excluding hydrogens is 380 g/mol. The van der Waals surface area contributed by atoms with E-state index in [1.807, 2.05) is 36.4 Å². The first-order valence-electron chi connectivity index (χ1n) is 9.92. The molecule has 2 heterocycles. The fourth-order valence-corrected chi connectivity index (χ4v) is 3.51. The summed E-state index contributed by atoms with van der Waals surface area (Å²) in [6.45, 7) is 3.66. The Hall–Kier alpha value is -3.32. The molecule has 1 fully saturated rings. The van der Waals surface area contributed by atoms with Crippen LogP contribution in [0.25, 0.3) is 22.5 Å². The summed E-state index contributed by atoms with van der Waals surface area (Å²) in [6.07, 6.45) is 0. The van der Waals surface area contributed by atoms with Gasteiger partial charge in [-0.05, 0) is 55.6 Å². The van der Waals surface area contributed by atoms with Crippen LogP contribution in [0.3, 0.4) is 0 Å². The van der Waals surface area contributed by atoms with Gasteiger partial charge in [-0.3, -0.25) is 0 Å². The van der Waals surface area contributed by atoms with Crippen molar-refractivity contribution < 1.29 is 14.6 Å². The van der Waals surface area contributed by atoms with Crippen molar-refractivity contribution in [2.24, 2.45) is 0 Å². The molecule has 1 aliphatic rings. The molecule has 1 aromatic heterocycles. The molecule has 1 saturated heterocycles. The molecule has 156 valence electrons. The molecule has 2 aromatic carbocycles. The minimum Gasteiger partial charge on any atom is -0.508 e. The van der Waals surface area contributed by atoms with Gasteiger partial charge in [-0.1, -0.05) is 0 Å². The van der Waals surface area contributed by atoms with Crippen LogP contribution in [0.2, 0.25) is 0 Å². The number of phenolic OH excluding ortho intramolecular Hbond substituents is 1. The predicted octanol–water partition coefficient (Wildman–Crippen LogP) is 3.29. The summed E-state index contributed by atoms with van der Waals surface area (Å²) in [5.41, 5.74) is 3.31. The molecule has 7 nitrogen and oxygen atoms in total. The van der Waals surface area contributed by atoms with Crippen LogP contribution in [-0.2, 0) is 0 Å². The van der Waals surface area contributed by atoms with Crippen LogP contribution >= 0.6 is 0 Å². The van der Waals surface area contributed by atoms with Crippen LogP contribution in [0, 0.1) is 0 Å². The molecule has 0 unspecified atom stereocenters. The molecule has 3 aromatic rings. The third-order valence-corrected chi connectivity index (χ3v) is 5.35. The van der Waals surface area contributed by atoms with Gasteiger partial charge in [-0.15, -0.1) is 0 Å². The number of phenols is 1. The van der Waals surface area contributed by atoms with Crippen LogP contribution in [0.5, 0.6) is 17.2 Å². The van der Waals surface area contributed by atoms with Crippen molar-refractivity contribution >= 4 is 5.95 Å². The van der Waals surface area contributed by atoms with Gasteiger partial charge in [0.1, 0.15) is 17.2 Å². The van der Waals surface area contributed by atoms with Crippen molar-refractivity contribution in [3.63, 3.8) is 0 Å². The van der Waals surface area contributed by atoms with E-state index in [-0.39, 0.29) is 5.75 Å². The molecule has 1 N–H and O–H groups in total. The van der Waals surface area contributed by atoms with Gasteiger partial charge in [-0.2, -0.15) is 0 Å². The number of ether oxygens (including phenoxy) is 2. The van der Waals surface area contributed by atoms with Gasteiger partial charge in [0.15, 0.2) is 0 Å². The van der Waals surface area contributed by atoms with E-state index < -0.39 is 0 Å². The average molecular weight is 406 g/mol. The minimum absolute atomic E-state index is 0.224. The number of benzene rings is 2. The smallest absolute Gasteiger partial charge is 0.226 e. The summed E-state index contributed by atoms with van der Waals surface area (Å²) in [5, 5.41) is 9.67. The van der Waals surface area contributed by atoms with E-state index in [1.165, 1.54) is 0 Å². The van der Waals surface area contributed by atoms with Gasteiger partial charge in [-0.25, -0.2) is 9.97 Å². The van der Waals surface area contributed by atoms with Crippen molar-refractivity contribution in [3.8, 4) is 39.8 Å². The number of nitrogens with zero attached hydrogens (tertiary/aromatic N) is 4. The zero-order valence-electron chi connectivity index (χ0n) is 17.5. The van der Waals surface area contributed by atoms with Crippen molar-refractivity contribution in [2.45, 2.75) is 0 Å². The zero-order valence-corrected chi connectivity index (χ0v) is 17.5. The van der Waals surface area contributed by atoms with Gasteiger partial charge < -0.3 is 24.4 Å². The van der Waals surface area contributed by atoms with Gasteiger partial charge in [0.05, 0.1) is 25.6 Å². The molecule has 0 spiro atoms. The highest BCUT2D eigenvalue weighted by atomic mass is 16.5. The van der Waals surface area contributed by atoms with E-state index >= 15 is 0 Å². The lowest BCUT2D eigenvalue weighted by Gasteiger charge is -2.32. The summed E-state index contributed by atoms with van der Waals surface area (Å²) in [7, 11) is 5.41. The molecule has 7 heteroatoms. The Balaban J connectivity index is 1.84. The summed E-state index contributed by atoms with van der Waals surface area (Å²) in [4.78, 5) is 14.2. The number of likely N-dealkylation sites (N-methyl/N-ethyl adjacent to an activating group) is 1. The Bertz CT molecular complexity index is 1020. The molecule has 4 rings (SSSR count). The van der Waals surface area contributed by atoms with Crippen molar-refractivity contribution in [1.29, 1.82) is 0 Å². The van der Waals surface area contributed by atoms with E-state index in [0.29, 0.717) is 5.95 Å². The monoisotopic (exact) mass is 406 g/mol. The SMILES string of the molecule is COc1ccc(OC)c(-c2cc(-c3ccc(O)cc3)nc(N3CCN(C)CC3)n2)c1. The maximum atomic E-state index is 9.67. The van der Waals surface area contributed by atoms with Crippen LogP contribution in [0.1, 0.15) is 0 Å². The molecule has 30 heavy (non-hydrogen) atoms. The summed E-state index contributed by atoms with van der Waals surface area (Å²) >= 11 is 0. The van der Waals surface area contributed by atoms with Crippen molar-refractivity contribution in [3.05, 3.63) is 48.5 Å². The normalized spacial score (nSPS) is 14.6. The standard InChI is InChI=1S/C23H26N4O3/c1-26-10-12-27(13-11-26)23-24-20(16-4-6-17(28)7-5-16)15-21(25-23)19-14-18(29-2)8-9-22(19)30-3/h4-9,14-15,28H,10-13H2,1-3H3. The highest BCUT2D eigenvalue weighted by molar-refractivity contribution is 5.74. The van der Waals surface area contributed by atoms with Gasteiger partial charge in [0, 0.05) is 37.3 Å². The molecular formula is C23H26N4O3. The number of methoxy groups -OCH3 is 2. The molecule has 0 atom stereocenters. The lowest BCUT2D eigenvalue weighted by atomic mass is 10.1. The van der Waals surface area contributed by atoms with Gasteiger partial charge >= 0.3 is 0 Å². The number of aromatic hydroxyl groups is 1. The predicted molar refractivity (Wildman–Crippen MR) is 117 cm³/mol. The third kappa shape index (κ3) is 4.16. The molecule has 0 bridgehead atoms. The minimum atomic E-state index is 0.224. The molecule has 0 saturated carbocycles. The Morgan fingerprint density at radius 2 is 1.53 bits per heavy atom. The molecule has 0 amide bonds. The zero-order chi connectivity index (χ0) is 21.1. The fourth-order valence-electron chi connectivity index (χ4n) is 3.51. The van der Waals surface area contributed by atoms with Crippen LogP contribution in [0.15, 0.2) is 48.5 Å². The topological polar surface area (TPSA) is 71.0 Å². The lowest BCUT2D eigenvalue weighted by molar-refractivity contribution is 0.311. The number of piperazine rings is 1. The highest BCUT2D eigenvalue weighted by Gasteiger charge is 2.20. The van der Waals surface area contributed by atoms with Crippen molar-refractivity contribution in [1.82, 2.24) is 14.9 Å². The first-order valence-corrected chi connectivity index (χ1v) is 9.92. The maximum Gasteiger partial charge on any atom is 0.226 e. The number of rotatable bonds is 5. The fraction of sp³-hybridized carbons (Fsp3) is 0.304. The average Bonchev–Trinajstić information content (AvgIpc) is 2.79. The van der Waals surface area contributed by atoms with Crippen LogP contribution in [-0.4, -0.2) is 67.4 Å². The molecule has 0 radical (unpaired) electrons.